The third-order valence-corrected chi connectivity index (χ3v) is 3.44. The maximum Gasteiger partial charge on any atom is 0.314 e. The zero-order chi connectivity index (χ0) is 11.9. The highest BCUT2D eigenvalue weighted by atomic mass is 16.5. The third kappa shape index (κ3) is 4.52. The van der Waals surface area contributed by atoms with Crippen molar-refractivity contribution in [3.63, 3.8) is 0 Å². The summed E-state index contributed by atoms with van der Waals surface area (Å²) in [4.78, 5) is 11.5. The molecule has 0 bridgehead atoms. The molecule has 2 amide bonds. The Bertz CT molecular complexity index is 236. The zero-order valence-electron chi connectivity index (χ0n) is 10.3. The SMILES string of the molecule is O=C(NCC1CCCN1)NCC1CCCCO1. The van der Waals surface area contributed by atoms with Crippen LogP contribution in [0.1, 0.15) is 32.1 Å². The van der Waals surface area contributed by atoms with E-state index in [1.54, 1.807) is 0 Å². The van der Waals surface area contributed by atoms with Crippen LogP contribution in [-0.4, -0.2) is 44.4 Å². The number of hydrogen-bond acceptors (Lipinski definition) is 3. The molecule has 0 aromatic rings. The molecule has 0 spiro atoms. The van der Waals surface area contributed by atoms with Crippen molar-refractivity contribution < 1.29 is 9.53 Å². The Morgan fingerprint density at radius 3 is 2.76 bits per heavy atom. The van der Waals surface area contributed by atoms with Gasteiger partial charge in [-0.25, -0.2) is 4.79 Å². The quantitative estimate of drug-likeness (QED) is 0.675. The molecule has 5 nitrogen and oxygen atoms in total. The van der Waals surface area contributed by atoms with Gasteiger partial charge in [0, 0.05) is 25.7 Å². The summed E-state index contributed by atoms with van der Waals surface area (Å²) in [6.45, 7) is 3.26. The van der Waals surface area contributed by atoms with Crippen LogP contribution in [0, 0.1) is 0 Å². The van der Waals surface area contributed by atoms with Gasteiger partial charge in [-0.05, 0) is 38.6 Å². The van der Waals surface area contributed by atoms with Gasteiger partial charge in [0.25, 0.3) is 0 Å². The molecule has 2 atom stereocenters. The number of ether oxygens (including phenoxy) is 1. The van der Waals surface area contributed by atoms with Gasteiger partial charge in [0.05, 0.1) is 6.10 Å². The molecular weight excluding hydrogens is 218 g/mol. The molecular formula is C12H23N3O2. The number of carbonyl (C=O) groups excluding carboxylic acids is 1. The smallest absolute Gasteiger partial charge is 0.314 e. The summed E-state index contributed by atoms with van der Waals surface area (Å²) in [5, 5.41) is 9.12. The molecule has 3 N–H and O–H groups in total. The highest BCUT2D eigenvalue weighted by molar-refractivity contribution is 5.73. The van der Waals surface area contributed by atoms with E-state index in [1.807, 2.05) is 0 Å². The van der Waals surface area contributed by atoms with Crippen molar-refractivity contribution in [1.29, 1.82) is 0 Å². The van der Waals surface area contributed by atoms with E-state index in [9.17, 15) is 4.79 Å². The predicted molar refractivity (Wildman–Crippen MR) is 66.0 cm³/mol. The van der Waals surface area contributed by atoms with Crippen molar-refractivity contribution in [2.24, 2.45) is 0 Å². The van der Waals surface area contributed by atoms with Crippen LogP contribution in [0.4, 0.5) is 4.79 Å². The average Bonchev–Trinajstić information content (AvgIpc) is 2.88. The number of rotatable bonds is 4. The average molecular weight is 241 g/mol. The normalized spacial score (nSPS) is 28.9. The molecule has 2 unspecified atom stereocenters. The fraction of sp³-hybridized carbons (Fsp3) is 0.917. The van der Waals surface area contributed by atoms with Crippen LogP contribution in [0.5, 0.6) is 0 Å². The fourth-order valence-corrected chi connectivity index (χ4v) is 2.38. The first-order valence-corrected chi connectivity index (χ1v) is 6.71. The molecule has 5 heteroatoms. The lowest BCUT2D eigenvalue weighted by molar-refractivity contribution is 0.0184. The molecule has 0 aliphatic carbocycles. The molecule has 17 heavy (non-hydrogen) atoms. The number of amides is 2. The van der Waals surface area contributed by atoms with Crippen molar-refractivity contribution in [1.82, 2.24) is 16.0 Å². The maximum absolute atomic E-state index is 11.5. The molecule has 98 valence electrons. The molecule has 2 rings (SSSR count). The summed E-state index contributed by atoms with van der Waals surface area (Å²) in [7, 11) is 0. The summed E-state index contributed by atoms with van der Waals surface area (Å²) in [5.74, 6) is 0. The van der Waals surface area contributed by atoms with E-state index in [1.165, 1.54) is 12.8 Å². The van der Waals surface area contributed by atoms with E-state index in [4.69, 9.17) is 4.74 Å². The Balaban J connectivity index is 1.53. The third-order valence-electron chi connectivity index (χ3n) is 3.44. The van der Waals surface area contributed by atoms with E-state index in [0.717, 1.165) is 39.0 Å². The lowest BCUT2D eigenvalue weighted by Gasteiger charge is -2.23. The van der Waals surface area contributed by atoms with Crippen LogP contribution < -0.4 is 16.0 Å². The van der Waals surface area contributed by atoms with E-state index in [2.05, 4.69) is 16.0 Å². The minimum atomic E-state index is -0.0760. The van der Waals surface area contributed by atoms with Crippen molar-refractivity contribution in [2.45, 2.75) is 44.2 Å². The first-order chi connectivity index (χ1) is 8.34. The van der Waals surface area contributed by atoms with Gasteiger partial charge >= 0.3 is 6.03 Å². The van der Waals surface area contributed by atoms with Crippen molar-refractivity contribution in [3.05, 3.63) is 0 Å². The highest BCUT2D eigenvalue weighted by Crippen LogP contribution is 2.11. The van der Waals surface area contributed by atoms with Crippen LogP contribution in [0.3, 0.4) is 0 Å². The monoisotopic (exact) mass is 241 g/mol. The first kappa shape index (κ1) is 12.6. The summed E-state index contributed by atoms with van der Waals surface area (Å²) in [6.07, 6.45) is 6.00. The van der Waals surface area contributed by atoms with E-state index in [0.29, 0.717) is 12.6 Å². The van der Waals surface area contributed by atoms with E-state index in [-0.39, 0.29) is 12.1 Å². The summed E-state index contributed by atoms with van der Waals surface area (Å²) >= 11 is 0. The number of nitrogens with one attached hydrogen (secondary N) is 3. The number of hydrogen-bond donors (Lipinski definition) is 3. The summed E-state index contributed by atoms with van der Waals surface area (Å²) in [6, 6.07) is 0.375. The summed E-state index contributed by atoms with van der Waals surface area (Å²) in [5.41, 5.74) is 0. The Hall–Kier alpha value is -0.810. The van der Waals surface area contributed by atoms with Crippen LogP contribution in [0.2, 0.25) is 0 Å². The van der Waals surface area contributed by atoms with E-state index < -0.39 is 0 Å². The summed E-state index contributed by atoms with van der Waals surface area (Å²) < 4.78 is 5.55. The van der Waals surface area contributed by atoms with Crippen LogP contribution in [0.25, 0.3) is 0 Å². The Kier molecular flexibility index (Phi) is 5.07. The van der Waals surface area contributed by atoms with Crippen molar-refractivity contribution >= 4 is 6.03 Å². The molecule has 2 aliphatic rings. The van der Waals surface area contributed by atoms with Gasteiger partial charge in [0.15, 0.2) is 0 Å². The fourth-order valence-electron chi connectivity index (χ4n) is 2.38. The van der Waals surface area contributed by atoms with Crippen LogP contribution in [-0.2, 0) is 4.74 Å². The Morgan fingerprint density at radius 2 is 2.06 bits per heavy atom. The van der Waals surface area contributed by atoms with Gasteiger partial charge in [0.2, 0.25) is 0 Å². The largest absolute Gasteiger partial charge is 0.376 e. The molecule has 0 aromatic heterocycles. The molecule has 2 saturated heterocycles. The van der Waals surface area contributed by atoms with E-state index >= 15 is 0 Å². The minimum Gasteiger partial charge on any atom is -0.376 e. The molecule has 2 heterocycles. The van der Waals surface area contributed by atoms with Gasteiger partial charge < -0.3 is 20.7 Å². The van der Waals surface area contributed by atoms with Crippen molar-refractivity contribution in [2.75, 3.05) is 26.2 Å². The number of urea groups is 1. The van der Waals surface area contributed by atoms with Crippen molar-refractivity contribution in [3.8, 4) is 0 Å². The van der Waals surface area contributed by atoms with Gasteiger partial charge in [-0.15, -0.1) is 0 Å². The zero-order valence-corrected chi connectivity index (χ0v) is 10.3. The van der Waals surface area contributed by atoms with Gasteiger partial charge in [-0.3, -0.25) is 0 Å². The molecule has 0 radical (unpaired) electrons. The predicted octanol–water partition coefficient (Wildman–Crippen LogP) is 0.607. The molecule has 2 aliphatic heterocycles. The van der Waals surface area contributed by atoms with Gasteiger partial charge in [-0.2, -0.15) is 0 Å². The topological polar surface area (TPSA) is 62.4 Å². The lowest BCUT2D eigenvalue weighted by atomic mass is 10.1. The van der Waals surface area contributed by atoms with Gasteiger partial charge in [-0.1, -0.05) is 0 Å². The molecule has 0 saturated carbocycles. The lowest BCUT2D eigenvalue weighted by Crippen LogP contribution is -2.45. The standard InChI is InChI=1S/C12H23N3O2/c16-12(14-8-10-4-3-6-13-10)15-9-11-5-1-2-7-17-11/h10-11,13H,1-9H2,(H2,14,15,16). The Labute approximate surface area is 103 Å². The van der Waals surface area contributed by atoms with Crippen LogP contribution >= 0.6 is 0 Å². The number of carbonyl (C=O) groups is 1. The Morgan fingerprint density at radius 1 is 1.18 bits per heavy atom. The second-order valence-corrected chi connectivity index (χ2v) is 4.87. The van der Waals surface area contributed by atoms with Gasteiger partial charge in [0.1, 0.15) is 0 Å². The molecule has 0 aromatic carbocycles. The second kappa shape index (κ2) is 6.81. The first-order valence-electron chi connectivity index (χ1n) is 6.71. The minimum absolute atomic E-state index is 0.0760. The second-order valence-electron chi connectivity index (χ2n) is 4.87. The maximum atomic E-state index is 11.5. The molecule has 2 fully saturated rings. The highest BCUT2D eigenvalue weighted by Gasteiger charge is 2.16. The van der Waals surface area contributed by atoms with Crippen LogP contribution in [0.15, 0.2) is 0 Å².